The molecule has 0 aliphatic heterocycles. The average molecular weight is 190 g/mol. The molecule has 0 N–H and O–H groups in total. The molecule has 0 heterocycles. The van der Waals surface area contributed by atoms with E-state index in [4.69, 9.17) is 0 Å². The minimum atomic E-state index is 0. The Kier molecular flexibility index (Phi) is 27.6. The quantitative estimate of drug-likeness (QED) is 0.345. The average Bonchev–Trinajstić information content (AvgIpc) is 2.08. The summed E-state index contributed by atoms with van der Waals surface area (Å²) >= 11 is 0. The molecular formula is C11H19K. The summed E-state index contributed by atoms with van der Waals surface area (Å²) in [6.45, 7) is 10.0. The summed E-state index contributed by atoms with van der Waals surface area (Å²) in [6, 6.07) is 0. The third-order valence-corrected chi connectivity index (χ3v) is 1.06. The molecule has 0 saturated heterocycles. The first-order valence-corrected chi connectivity index (χ1v) is 4.14. The minimum absolute atomic E-state index is 0. The van der Waals surface area contributed by atoms with Gasteiger partial charge in [-0.1, -0.05) is 27.7 Å². The Labute approximate surface area is 120 Å². The van der Waals surface area contributed by atoms with E-state index in [0.29, 0.717) is 0 Å². The Hall–Kier alpha value is 0.856. The van der Waals surface area contributed by atoms with Crippen molar-refractivity contribution in [2.24, 2.45) is 0 Å². The molecule has 0 radical (unpaired) electrons. The van der Waals surface area contributed by atoms with Crippen LogP contribution in [0.15, 0.2) is 29.9 Å². The fourth-order valence-corrected chi connectivity index (χ4v) is 0.372. The monoisotopic (exact) mass is 190 g/mol. The van der Waals surface area contributed by atoms with Gasteiger partial charge in [0.1, 0.15) is 0 Å². The van der Waals surface area contributed by atoms with Crippen LogP contribution < -0.4 is 51.4 Å². The van der Waals surface area contributed by atoms with E-state index in [1.54, 1.807) is 0 Å². The smallest absolute Gasteiger partial charge is 0.255 e. The van der Waals surface area contributed by atoms with Crippen LogP contribution in [0.3, 0.4) is 0 Å². The maximum absolute atomic E-state index is 2.97. The first-order valence-electron chi connectivity index (χ1n) is 4.14. The van der Waals surface area contributed by atoms with Crippen molar-refractivity contribution in [2.75, 3.05) is 0 Å². The Bertz CT molecular complexity index is 141. The van der Waals surface area contributed by atoms with Gasteiger partial charge in [0.25, 0.3) is 0 Å². The molecule has 0 aliphatic carbocycles. The summed E-state index contributed by atoms with van der Waals surface area (Å²) < 4.78 is 0. The molecule has 64 valence electrons. The first kappa shape index (κ1) is 18.6. The standard InChI is InChI=1S/C9H13.C2H6.K/c1-4-6-7-8-9(3)5-2;1-2;/h4-5,7-8H,1-3H3;1-2H3;/q-1;;+1/b8-7-,9-5-;;. The van der Waals surface area contributed by atoms with E-state index in [-0.39, 0.29) is 51.4 Å². The van der Waals surface area contributed by atoms with Crippen LogP contribution in [0.2, 0.25) is 0 Å². The van der Waals surface area contributed by atoms with Gasteiger partial charge in [-0.05, 0) is 6.92 Å². The van der Waals surface area contributed by atoms with Gasteiger partial charge in [-0.3, -0.25) is 6.08 Å². The van der Waals surface area contributed by atoms with Crippen molar-refractivity contribution in [3.8, 4) is 0 Å². The zero-order chi connectivity index (χ0) is 9.11. The third-order valence-electron chi connectivity index (χ3n) is 1.06. The van der Waals surface area contributed by atoms with Gasteiger partial charge >= 0.3 is 51.4 Å². The second-order valence-electron chi connectivity index (χ2n) is 1.82. The van der Waals surface area contributed by atoms with Gasteiger partial charge in [0.15, 0.2) is 0 Å². The Morgan fingerprint density at radius 3 is 2.00 bits per heavy atom. The minimum Gasteiger partial charge on any atom is -0.255 e. The summed E-state index contributed by atoms with van der Waals surface area (Å²) in [5.74, 6) is 0. The summed E-state index contributed by atoms with van der Waals surface area (Å²) in [5, 5.41) is 0. The number of hydrogen-bond donors (Lipinski definition) is 0. The van der Waals surface area contributed by atoms with E-state index < -0.39 is 0 Å². The summed E-state index contributed by atoms with van der Waals surface area (Å²) in [5.41, 5.74) is 1.27. The third kappa shape index (κ3) is 17.1. The fourth-order valence-electron chi connectivity index (χ4n) is 0.372. The van der Waals surface area contributed by atoms with Gasteiger partial charge in [-0.2, -0.15) is 6.08 Å². The summed E-state index contributed by atoms with van der Waals surface area (Å²) in [6.07, 6.45) is 10.9. The molecule has 0 saturated carbocycles. The zero-order valence-corrected chi connectivity index (χ0v) is 12.4. The van der Waals surface area contributed by atoms with Crippen molar-refractivity contribution < 1.29 is 51.4 Å². The van der Waals surface area contributed by atoms with Crippen molar-refractivity contribution >= 4 is 0 Å². The van der Waals surface area contributed by atoms with Crippen LogP contribution >= 0.6 is 0 Å². The molecule has 0 amide bonds. The Morgan fingerprint density at radius 1 is 1.17 bits per heavy atom. The number of rotatable bonds is 2. The maximum Gasteiger partial charge on any atom is 1.00 e. The van der Waals surface area contributed by atoms with Crippen LogP contribution in [0.1, 0.15) is 34.6 Å². The molecular weight excluding hydrogens is 171 g/mol. The van der Waals surface area contributed by atoms with E-state index in [0.717, 1.165) is 0 Å². The van der Waals surface area contributed by atoms with Gasteiger partial charge < -0.3 is 0 Å². The van der Waals surface area contributed by atoms with Gasteiger partial charge in [-0.25, -0.2) is 12.2 Å². The summed E-state index contributed by atoms with van der Waals surface area (Å²) in [7, 11) is 0. The molecule has 0 atom stereocenters. The molecule has 0 bridgehead atoms. The Morgan fingerprint density at radius 2 is 1.67 bits per heavy atom. The van der Waals surface area contributed by atoms with Crippen LogP contribution in [0, 0.1) is 6.08 Å². The molecule has 0 aliphatic rings. The molecule has 0 unspecified atom stereocenters. The van der Waals surface area contributed by atoms with Crippen molar-refractivity contribution in [3.05, 3.63) is 36.0 Å². The normalized spacial score (nSPS) is 10.9. The number of allylic oxidation sites excluding steroid dienone is 6. The van der Waals surface area contributed by atoms with Crippen molar-refractivity contribution in [1.29, 1.82) is 0 Å². The van der Waals surface area contributed by atoms with Crippen LogP contribution in [-0.2, 0) is 0 Å². The molecule has 1 heteroatoms. The van der Waals surface area contributed by atoms with Crippen LogP contribution in [0.5, 0.6) is 0 Å². The van der Waals surface area contributed by atoms with Crippen molar-refractivity contribution in [1.82, 2.24) is 0 Å². The molecule has 0 aromatic carbocycles. The molecule has 0 aromatic heterocycles. The second kappa shape index (κ2) is 17.8. The molecule has 0 fully saturated rings. The van der Waals surface area contributed by atoms with Crippen molar-refractivity contribution in [3.63, 3.8) is 0 Å². The molecule has 0 nitrogen and oxygen atoms in total. The van der Waals surface area contributed by atoms with E-state index in [1.807, 2.05) is 45.9 Å². The molecule has 0 rings (SSSR count). The summed E-state index contributed by atoms with van der Waals surface area (Å²) in [4.78, 5) is 0. The predicted molar refractivity (Wildman–Crippen MR) is 53.4 cm³/mol. The van der Waals surface area contributed by atoms with Crippen molar-refractivity contribution in [2.45, 2.75) is 34.6 Å². The zero-order valence-electron chi connectivity index (χ0n) is 9.31. The van der Waals surface area contributed by atoms with Crippen LogP contribution in [0.25, 0.3) is 0 Å². The predicted octanol–water partition coefficient (Wildman–Crippen LogP) is 0.918. The second-order valence-corrected chi connectivity index (χ2v) is 1.82. The van der Waals surface area contributed by atoms with E-state index in [1.165, 1.54) is 5.57 Å². The van der Waals surface area contributed by atoms with Gasteiger partial charge in [0.05, 0.1) is 0 Å². The largest absolute Gasteiger partial charge is 1.00 e. The van der Waals surface area contributed by atoms with Gasteiger partial charge in [-0.15, -0.1) is 11.6 Å². The van der Waals surface area contributed by atoms with Gasteiger partial charge in [0, 0.05) is 0 Å². The Balaban J connectivity index is -0.000000249. The topological polar surface area (TPSA) is 0 Å². The maximum atomic E-state index is 2.97. The van der Waals surface area contributed by atoms with E-state index in [9.17, 15) is 0 Å². The van der Waals surface area contributed by atoms with E-state index >= 15 is 0 Å². The molecule has 0 spiro atoms. The first-order chi connectivity index (χ1) is 5.31. The molecule has 12 heavy (non-hydrogen) atoms. The fraction of sp³-hybridized carbons (Fsp3) is 0.455. The molecule has 0 aromatic rings. The van der Waals surface area contributed by atoms with Crippen LogP contribution in [-0.4, -0.2) is 0 Å². The SMILES string of the molecule is CC.CC=[C-]/C=C\C(C)=C/C.[K+]. The van der Waals surface area contributed by atoms with Gasteiger partial charge in [0.2, 0.25) is 0 Å². The number of hydrogen-bond acceptors (Lipinski definition) is 0. The van der Waals surface area contributed by atoms with Crippen LogP contribution in [0.4, 0.5) is 0 Å². The van der Waals surface area contributed by atoms with E-state index in [2.05, 4.69) is 19.1 Å².